The van der Waals surface area contributed by atoms with Gasteiger partial charge in [-0.15, -0.1) is 11.3 Å². The molecule has 3 aromatic heterocycles. The highest BCUT2D eigenvalue weighted by Crippen LogP contribution is 2.37. The van der Waals surface area contributed by atoms with Crippen LogP contribution in [0.15, 0.2) is 47.7 Å². The zero-order chi connectivity index (χ0) is 24.5. The molecule has 0 saturated heterocycles. The Morgan fingerprint density at radius 2 is 1.94 bits per heavy atom. The minimum Gasteiger partial charge on any atom is -0.488 e. The topological polar surface area (TPSA) is 148 Å². The molecule has 0 aliphatic rings. The van der Waals surface area contributed by atoms with E-state index in [1.807, 2.05) is 24.3 Å². The lowest BCUT2D eigenvalue weighted by Gasteiger charge is -2.19. The van der Waals surface area contributed by atoms with E-state index in [4.69, 9.17) is 20.9 Å². The minimum atomic E-state index is -0.638. The highest BCUT2D eigenvalue weighted by Gasteiger charge is 2.19. The summed E-state index contributed by atoms with van der Waals surface area (Å²) in [5, 5.41) is 0.414. The largest absolute Gasteiger partial charge is 0.488 e. The Hall–Kier alpha value is -3.99. The molecule has 0 spiro atoms. The number of nitrogen functional groups attached to an aromatic ring is 2. The number of anilines is 2. The molecule has 0 atom stereocenters. The van der Waals surface area contributed by atoms with Crippen LogP contribution in [-0.4, -0.2) is 31.1 Å². The number of carbonyl (C=O) groups excluding carboxylic acids is 1. The third kappa shape index (κ3) is 5.15. The first-order valence-electron chi connectivity index (χ1n) is 10.4. The Kier molecular flexibility index (Phi) is 6.20. The van der Waals surface area contributed by atoms with Gasteiger partial charge in [0.05, 0.1) is 17.3 Å². The molecular weight excluding hydrogens is 456 g/mol. The lowest BCUT2D eigenvalue weighted by atomic mass is 10.1. The van der Waals surface area contributed by atoms with Crippen LogP contribution in [0.3, 0.4) is 0 Å². The second-order valence-corrected chi connectivity index (χ2v) is 9.55. The summed E-state index contributed by atoms with van der Waals surface area (Å²) in [7, 11) is 0. The van der Waals surface area contributed by atoms with Gasteiger partial charge in [-0.3, -0.25) is 14.2 Å². The third-order valence-electron chi connectivity index (χ3n) is 4.69. The van der Waals surface area contributed by atoms with Crippen LogP contribution in [0.1, 0.15) is 26.3 Å². The summed E-state index contributed by atoms with van der Waals surface area (Å²) in [5.74, 6) is 0.438. The summed E-state index contributed by atoms with van der Waals surface area (Å²) in [6.45, 7) is 5.25. The van der Waals surface area contributed by atoms with Crippen LogP contribution in [0.5, 0.6) is 5.75 Å². The number of aromatic nitrogens is 4. The molecule has 0 radical (unpaired) electrons. The number of rotatable bonds is 6. The van der Waals surface area contributed by atoms with Crippen LogP contribution in [0.25, 0.3) is 20.7 Å². The van der Waals surface area contributed by atoms with Crippen molar-refractivity contribution in [1.29, 1.82) is 0 Å². The second kappa shape index (κ2) is 9.10. The standard InChI is InChI=1S/C23H24N6O4S/c1-23(2,3)33-18(30)10-29-12-27-20-15(21(29)31)8-17(34-20)14-6-4-5-7-16(14)32-11-13-9-26-22(25)28-19(13)24/h4-9,12H,10-11H2,1-3H3,(H4,24,25,26,28). The van der Waals surface area contributed by atoms with Crippen LogP contribution >= 0.6 is 11.3 Å². The normalized spacial score (nSPS) is 11.5. The smallest absolute Gasteiger partial charge is 0.326 e. The van der Waals surface area contributed by atoms with Crippen molar-refractivity contribution in [3.8, 4) is 16.2 Å². The second-order valence-electron chi connectivity index (χ2n) is 8.52. The number of esters is 1. The van der Waals surface area contributed by atoms with Gasteiger partial charge in [0.2, 0.25) is 5.95 Å². The van der Waals surface area contributed by atoms with Crippen molar-refractivity contribution in [1.82, 2.24) is 19.5 Å². The lowest BCUT2D eigenvalue weighted by Crippen LogP contribution is -2.30. The maximum absolute atomic E-state index is 13.0. The van der Waals surface area contributed by atoms with Gasteiger partial charge in [0.25, 0.3) is 5.56 Å². The Labute approximate surface area is 199 Å². The number of hydrogen-bond acceptors (Lipinski definition) is 10. The lowest BCUT2D eigenvalue weighted by molar-refractivity contribution is -0.155. The molecule has 3 heterocycles. The number of carbonyl (C=O) groups is 1. The van der Waals surface area contributed by atoms with Crippen molar-refractivity contribution in [2.45, 2.75) is 39.5 Å². The first-order valence-corrected chi connectivity index (χ1v) is 11.2. The van der Waals surface area contributed by atoms with Gasteiger partial charge in [0.15, 0.2) is 0 Å². The molecule has 34 heavy (non-hydrogen) atoms. The van der Waals surface area contributed by atoms with Crippen LogP contribution in [0.4, 0.5) is 11.8 Å². The molecule has 4 rings (SSSR count). The SMILES string of the molecule is CC(C)(C)OC(=O)Cn1cnc2sc(-c3ccccc3OCc3cnc(N)nc3N)cc2c1=O. The van der Waals surface area contributed by atoms with E-state index in [0.717, 1.165) is 10.4 Å². The molecule has 0 aliphatic carbocycles. The fourth-order valence-corrected chi connectivity index (χ4v) is 4.23. The number of para-hydroxylation sites is 1. The van der Waals surface area contributed by atoms with Crippen molar-refractivity contribution in [2.75, 3.05) is 11.5 Å². The predicted octanol–water partition coefficient (Wildman–Crippen LogP) is 3.00. The number of nitrogens with two attached hydrogens (primary N) is 2. The van der Waals surface area contributed by atoms with Gasteiger partial charge >= 0.3 is 5.97 Å². The first-order chi connectivity index (χ1) is 16.1. The van der Waals surface area contributed by atoms with Crippen LogP contribution in [0.2, 0.25) is 0 Å². The van der Waals surface area contributed by atoms with Crippen molar-refractivity contribution in [2.24, 2.45) is 0 Å². The minimum absolute atomic E-state index is 0.0942. The average Bonchev–Trinajstić information content (AvgIpc) is 3.19. The van der Waals surface area contributed by atoms with E-state index in [1.54, 1.807) is 26.8 Å². The zero-order valence-electron chi connectivity index (χ0n) is 18.9. The molecule has 0 amide bonds. The van der Waals surface area contributed by atoms with Gasteiger partial charge in [-0.1, -0.05) is 12.1 Å². The summed E-state index contributed by atoms with van der Waals surface area (Å²) in [6, 6.07) is 9.19. The van der Waals surface area contributed by atoms with Gasteiger partial charge in [-0.25, -0.2) is 9.97 Å². The van der Waals surface area contributed by atoms with E-state index in [1.165, 1.54) is 28.4 Å². The monoisotopic (exact) mass is 480 g/mol. The van der Waals surface area contributed by atoms with Gasteiger partial charge in [0, 0.05) is 16.6 Å². The molecule has 10 nitrogen and oxygen atoms in total. The van der Waals surface area contributed by atoms with Crippen molar-refractivity contribution >= 4 is 39.3 Å². The number of fused-ring (bicyclic) bond motifs is 1. The zero-order valence-corrected chi connectivity index (χ0v) is 19.8. The molecule has 4 N–H and O–H groups in total. The predicted molar refractivity (Wildman–Crippen MR) is 130 cm³/mol. The van der Waals surface area contributed by atoms with Crippen LogP contribution in [-0.2, 0) is 22.7 Å². The molecule has 11 heteroatoms. The molecule has 0 fully saturated rings. The van der Waals surface area contributed by atoms with E-state index in [0.29, 0.717) is 21.5 Å². The van der Waals surface area contributed by atoms with Gasteiger partial charge in [0.1, 0.15) is 35.2 Å². The van der Waals surface area contributed by atoms with Crippen molar-refractivity contribution in [3.05, 3.63) is 58.8 Å². The van der Waals surface area contributed by atoms with Crippen molar-refractivity contribution in [3.63, 3.8) is 0 Å². The highest BCUT2D eigenvalue weighted by atomic mass is 32.1. The molecule has 4 aromatic rings. The van der Waals surface area contributed by atoms with E-state index < -0.39 is 11.6 Å². The number of nitrogens with zero attached hydrogens (tertiary/aromatic N) is 4. The molecule has 0 bridgehead atoms. The van der Waals surface area contributed by atoms with E-state index in [9.17, 15) is 9.59 Å². The summed E-state index contributed by atoms with van der Waals surface area (Å²) in [5.41, 5.74) is 11.9. The number of thiophene rings is 1. The molecule has 0 unspecified atom stereocenters. The maximum Gasteiger partial charge on any atom is 0.326 e. The molecular formula is C23H24N6O4S. The highest BCUT2D eigenvalue weighted by molar-refractivity contribution is 7.21. The van der Waals surface area contributed by atoms with E-state index in [2.05, 4.69) is 15.0 Å². The maximum atomic E-state index is 13.0. The third-order valence-corrected chi connectivity index (χ3v) is 5.77. The summed E-state index contributed by atoms with van der Waals surface area (Å²) >= 11 is 1.36. The van der Waals surface area contributed by atoms with Gasteiger partial charge in [-0.05, 0) is 39.0 Å². The Morgan fingerprint density at radius 1 is 1.18 bits per heavy atom. The Bertz CT molecular complexity index is 1420. The molecule has 176 valence electrons. The Morgan fingerprint density at radius 3 is 2.68 bits per heavy atom. The van der Waals surface area contributed by atoms with Gasteiger partial charge < -0.3 is 20.9 Å². The molecule has 0 aliphatic heterocycles. The molecule has 1 aromatic carbocycles. The van der Waals surface area contributed by atoms with Crippen LogP contribution < -0.4 is 21.8 Å². The fraction of sp³-hybridized carbons (Fsp3) is 0.261. The number of benzene rings is 1. The average molecular weight is 481 g/mol. The Balaban J connectivity index is 1.61. The summed E-state index contributed by atoms with van der Waals surface area (Å²) in [6.07, 6.45) is 2.89. The molecule has 0 saturated carbocycles. The number of hydrogen-bond donors (Lipinski definition) is 2. The quantitative estimate of drug-likeness (QED) is 0.397. The van der Waals surface area contributed by atoms with E-state index >= 15 is 0 Å². The summed E-state index contributed by atoms with van der Waals surface area (Å²) in [4.78, 5) is 38.8. The summed E-state index contributed by atoms with van der Waals surface area (Å²) < 4.78 is 12.5. The first kappa shape index (κ1) is 23.2. The van der Waals surface area contributed by atoms with E-state index in [-0.39, 0.29) is 30.5 Å². The van der Waals surface area contributed by atoms with Crippen molar-refractivity contribution < 1.29 is 14.3 Å². The van der Waals surface area contributed by atoms with Crippen LogP contribution in [0, 0.1) is 0 Å². The number of ether oxygens (including phenoxy) is 2. The fourth-order valence-electron chi connectivity index (χ4n) is 3.22. The van der Waals surface area contributed by atoms with Gasteiger partial charge in [-0.2, -0.15) is 4.98 Å².